The second-order valence-corrected chi connectivity index (χ2v) is 4.13. The monoisotopic (exact) mass is 229 g/mol. The van der Waals surface area contributed by atoms with Gasteiger partial charge in [0.2, 0.25) is 0 Å². The Hall–Kier alpha value is -1.97. The summed E-state index contributed by atoms with van der Waals surface area (Å²) in [5, 5.41) is 3.35. The van der Waals surface area contributed by atoms with Crippen LogP contribution in [0.3, 0.4) is 0 Å². The number of anilines is 1. The molecule has 0 saturated heterocycles. The molecule has 3 rings (SSSR count). The molecule has 0 aliphatic carbocycles. The summed E-state index contributed by atoms with van der Waals surface area (Å²) in [6.07, 6.45) is 3.05. The molecular weight excluding hydrogens is 214 g/mol. The maximum Gasteiger partial charge on any atom is 0.141 e. The highest BCUT2D eigenvalue weighted by atomic mass is 16.5. The van der Waals surface area contributed by atoms with E-state index in [1.54, 1.807) is 7.11 Å². The summed E-state index contributed by atoms with van der Waals surface area (Å²) in [6.45, 7) is 2.07. The standard InChI is InChI=1S/C13H15N3O/c1-17-11-5-3-10(4-6-11)13-15-9-12-14-7-2-8-16(12)13/h3-6,9,14H,2,7-8H2,1H3. The molecule has 2 heterocycles. The van der Waals surface area contributed by atoms with Gasteiger partial charge in [0.15, 0.2) is 0 Å². The summed E-state index contributed by atoms with van der Waals surface area (Å²) in [7, 11) is 1.68. The molecule has 1 N–H and O–H groups in total. The highest BCUT2D eigenvalue weighted by Gasteiger charge is 2.14. The van der Waals surface area contributed by atoms with Crippen molar-refractivity contribution in [1.29, 1.82) is 0 Å². The number of benzene rings is 1. The molecule has 4 nitrogen and oxygen atoms in total. The van der Waals surface area contributed by atoms with Crippen molar-refractivity contribution in [3.8, 4) is 17.1 Å². The largest absolute Gasteiger partial charge is 0.497 e. The van der Waals surface area contributed by atoms with E-state index >= 15 is 0 Å². The zero-order valence-electron chi connectivity index (χ0n) is 9.81. The second kappa shape index (κ2) is 4.13. The van der Waals surface area contributed by atoms with Crippen LogP contribution in [0, 0.1) is 0 Å². The van der Waals surface area contributed by atoms with E-state index in [0.717, 1.165) is 42.5 Å². The van der Waals surface area contributed by atoms with Crippen LogP contribution >= 0.6 is 0 Å². The molecule has 0 bridgehead atoms. The van der Waals surface area contributed by atoms with Crippen LogP contribution in [0.1, 0.15) is 6.42 Å². The second-order valence-electron chi connectivity index (χ2n) is 4.13. The SMILES string of the molecule is COc1ccc(-c2ncc3n2CCCN3)cc1. The third-order valence-corrected chi connectivity index (χ3v) is 3.07. The number of imidazole rings is 1. The zero-order valence-corrected chi connectivity index (χ0v) is 9.81. The van der Waals surface area contributed by atoms with Gasteiger partial charge in [-0.3, -0.25) is 0 Å². The highest BCUT2D eigenvalue weighted by Crippen LogP contribution is 2.26. The summed E-state index contributed by atoms with van der Waals surface area (Å²) >= 11 is 0. The fourth-order valence-electron chi connectivity index (χ4n) is 2.17. The minimum absolute atomic E-state index is 0.872. The van der Waals surface area contributed by atoms with Gasteiger partial charge in [0.25, 0.3) is 0 Å². The van der Waals surface area contributed by atoms with Crippen LogP contribution in [-0.4, -0.2) is 23.2 Å². The molecular formula is C13H15N3O. The Kier molecular flexibility index (Phi) is 2.48. The first-order valence-corrected chi connectivity index (χ1v) is 5.82. The Morgan fingerprint density at radius 2 is 2.12 bits per heavy atom. The molecule has 1 aromatic carbocycles. The average Bonchev–Trinajstić information content (AvgIpc) is 2.83. The summed E-state index contributed by atoms with van der Waals surface area (Å²) in [4.78, 5) is 4.48. The van der Waals surface area contributed by atoms with E-state index in [-0.39, 0.29) is 0 Å². The number of fused-ring (bicyclic) bond motifs is 1. The minimum Gasteiger partial charge on any atom is -0.497 e. The summed E-state index contributed by atoms with van der Waals surface area (Å²) < 4.78 is 7.39. The van der Waals surface area contributed by atoms with Crippen LogP contribution in [0.25, 0.3) is 11.4 Å². The Morgan fingerprint density at radius 3 is 2.88 bits per heavy atom. The number of hydrogen-bond acceptors (Lipinski definition) is 3. The van der Waals surface area contributed by atoms with Gasteiger partial charge in [0.1, 0.15) is 17.4 Å². The van der Waals surface area contributed by atoms with E-state index in [1.807, 2.05) is 30.5 Å². The third kappa shape index (κ3) is 1.75. The first kappa shape index (κ1) is 10.2. The van der Waals surface area contributed by atoms with E-state index in [0.29, 0.717) is 0 Å². The Morgan fingerprint density at radius 1 is 1.29 bits per heavy atom. The first-order valence-electron chi connectivity index (χ1n) is 5.82. The molecule has 0 radical (unpaired) electrons. The molecule has 17 heavy (non-hydrogen) atoms. The number of ether oxygens (including phenoxy) is 1. The first-order chi connectivity index (χ1) is 8.38. The smallest absolute Gasteiger partial charge is 0.141 e. The van der Waals surface area contributed by atoms with Crippen LogP contribution in [0.2, 0.25) is 0 Å². The maximum absolute atomic E-state index is 5.16. The summed E-state index contributed by atoms with van der Waals surface area (Å²) in [5.74, 6) is 3.01. The lowest BCUT2D eigenvalue weighted by Gasteiger charge is -2.18. The van der Waals surface area contributed by atoms with Gasteiger partial charge in [-0.05, 0) is 30.7 Å². The van der Waals surface area contributed by atoms with Crippen molar-refractivity contribution in [2.24, 2.45) is 0 Å². The number of hydrogen-bond donors (Lipinski definition) is 1. The van der Waals surface area contributed by atoms with Crippen molar-refractivity contribution in [3.05, 3.63) is 30.5 Å². The topological polar surface area (TPSA) is 39.1 Å². The molecule has 1 aliphatic heterocycles. The number of methoxy groups -OCH3 is 1. The predicted octanol–water partition coefficient (Wildman–Crippen LogP) is 2.37. The van der Waals surface area contributed by atoms with Gasteiger partial charge in [-0.2, -0.15) is 0 Å². The van der Waals surface area contributed by atoms with E-state index in [9.17, 15) is 0 Å². The van der Waals surface area contributed by atoms with Crippen molar-refractivity contribution in [2.45, 2.75) is 13.0 Å². The average molecular weight is 229 g/mol. The van der Waals surface area contributed by atoms with Gasteiger partial charge in [0.05, 0.1) is 13.3 Å². The van der Waals surface area contributed by atoms with Crippen LogP contribution < -0.4 is 10.1 Å². The fourth-order valence-corrected chi connectivity index (χ4v) is 2.17. The lowest BCUT2D eigenvalue weighted by Crippen LogP contribution is -2.17. The van der Waals surface area contributed by atoms with Gasteiger partial charge in [-0.1, -0.05) is 0 Å². The molecule has 0 amide bonds. The summed E-state index contributed by atoms with van der Waals surface area (Å²) in [5.41, 5.74) is 1.13. The van der Waals surface area contributed by atoms with Gasteiger partial charge in [0, 0.05) is 18.7 Å². The van der Waals surface area contributed by atoms with E-state index < -0.39 is 0 Å². The van der Waals surface area contributed by atoms with Crippen molar-refractivity contribution >= 4 is 5.82 Å². The van der Waals surface area contributed by atoms with Crippen molar-refractivity contribution in [3.63, 3.8) is 0 Å². The molecule has 0 fully saturated rings. The zero-order chi connectivity index (χ0) is 11.7. The molecule has 2 aromatic rings. The van der Waals surface area contributed by atoms with Gasteiger partial charge >= 0.3 is 0 Å². The molecule has 1 aliphatic rings. The van der Waals surface area contributed by atoms with Crippen molar-refractivity contribution in [2.75, 3.05) is 19.0 Å². The van der Waals surface area contributed by atoms with Crippen LogP contribution in [-0.2, 0) is 6.54 Å². The fraction of sp³-hybridized carbons (Fsp3) is 0.308. The quantitative estimate of drug-likeness (QED) is 0.859. The number of nitrogens with zero attached hydrogens (tertiary/aromatic N) is 2. The molecule has 1 aromatic heterocycles. The Labute approximate surface area is 100 Å². The molecule has 4 heteroatoms. The minimum atomic E-state index is 0.872. The molecule has 88 valence electrons. The van der Waals surface area contributed by atoms with E-state index in [2.05, 4.69) is 14.9 Å². The molecule has 0 unspecified atom stereocenters. The normalized spacial score (nSPS) is 13.9. The predicted molar refractivity (Wildman–Crippen MR) is 67.3 cm³/mol. The Bertz CT molecular complexity index is 516. The van der Waals surface area contributed by atoms with E-state index in [1.165, 1.54) is 0 Å². The van der Waals surface area contributed by atoms with E-state index in [4.69, 9.17) is 4.74 Å². The lowest BCUT2D eigenvalue weighted by atomic mass is 10.2. The third-order valence-electron chi connectivity index (χ3n) is 3.07. The highest BCUT2D eigenvalue weighted by molar-refractivity contribution is 5.60. The van der Waals surface area contributed by atoms with Gasteiger partial charge < -0.3 is 14.6 Å². The number of aromatic nitrogens is 2. The van der Waals surface area contributed by atoms with Crippen molar-refractivity contribution < 1.29 is 4.74 Å². The van der Waals surface area contributed by atoms with Crippen molar-refractivity contribution in [1.82, 2.24) is 9.55 Å². The molecule has 0 spiro atoms. The van der Waals surface area contributed by atoms with Crippen LogP contribution in [0.15, 0.2) is 30.5 Å². The van der Waals surface area contributed by atoms with Gasteiger partial charge in [-0.25, -0.2) is 4.98 Å². The van der Waals surface area contributed by atoms with Crippen LogP contribution in [0.4, 0.5) is 5.82 Å². The number of nitrogens with one attached hydrogen (secondary N) is 1. The van der Waals surface area contributed by atoms with Gasteiger partial charge in [-0.15, -0.1) is 0 Å². The molecule has 0 saturated carbocycles. The maximum atomic E-state index is 5.16. The lowest BCUT2D eigenvalue weighted by molar-refractivity contribution is 0.415. The number of rotatable bonds is 2. The Balaban J connectivity index is 2.00. The molecule has 0 atom stereocenters. The summed E-state index contributed by atoms with van der Waals surface area (Å²) in [6, 6.07) is 8.02. The van der Waals surface area contributed by atoms with Crippen LogP contribution in [0.5, 0.6) is 5.75 Å².